The first-order chi connectivity index (χ1) is 12.7. The summed E-state index contributed by atoms with van der Waals surface area (Å²) in [6, 6.07) is 4.16. The highest BCUT2D eigenvalue weighted by Gasteiger charge is 2.29. The summed E-state index contributed by atoms with van der Waals surface area (Å²) in [5, 5.41) is 0. The van der Waals surface area contributed by atoms with Crippen LogP contribution in [-0.4, -0.2) is 32.4 Å². The van der Waals surface area contributed by atoms with E-state index in [2.05, 4.69) is 42.5 Å². The van der Waals surface area contributed by atoms with Crippen LogP contribution in [0.15, 0.2) is 12.1 Å². The van der Waals surface area contributed by atoms with Gasteiger partial charge in [0.2, 0.25) is 0 Å². The second kappa shape index (κ2) is 7.94. The molecule has 2 atom stereocenters. The summed E-state index contributed by atoms with van der Waals surface area (Å²) in [6.45, 7) is 14.2. The molecule has 1 aliphatic rings. The lowest BCUT2D eigenvalue weighted by Crippen LogP contribution is -2.40. The van der Waals surface area contributed by atoms with Gasteiger partial charge in [0, 0.05) is 30.0 Å². The predicted octanol–water partition coefficient (Wildman–Crippen LogP) is 4.35. The Morgan fingerprint density at radius 2 is 1.78 bits per heavy atom. The largest absolute Gasteiger partial charge is 0.598 e. The molecule has 148 valence electrons. The Morgan fingerprint density at radius 3 is 2.41 bits per heavy atom. The van der Waals surface area contributed by atoms with E-state index in [1.165, 1.54) is 19.3 Å². The Bertz CT molecular complexity index is 812. The van der Waals surface area contributed by atoms with Crippen molar-refractivity contribution < 1.29 is 4.55 Å². The molecule has 1 aliphatic heterocycles. The third-order valence-corrected chi connectivity index (χ3v) is 6.74. The fraction of sp³-hybridized carbons (Fsp3) is 0.619. The molecular formula is C21H32N4OS. The van der Waals surface area contributed by atoms with Gasteiger partial charge in [-0.15, -0.1) is 4.72 Å². The van der Waals surface area contributed by atoms with E-state index >= 15 is 0 Å². The number of aryl methyl sites for hydroxylation is 2. The van der Waals surface area contributed by atoms with Gasteiger partial charge < -0.3 is 9.45 Å². The third kappa shape index (κ3) is 4.55. The number of anilines is 1. The number of fused-ring (bicyclic) bond motifs is 1. The van der Waals surface area contributed by atoms with Crippen LogP contribution >= 0.6 is 0 Å². The molecule has 0 aliphatic carbocycles. The van der Waals surface area contributed by atoms with Gasteiger partial charge in [0.05, 0.1) is 22.8 Å². The number of nitrogens with zero attached hydrogens (tertiary/aromatic N) is 3. The van der Waals surface area contributed by atoms with E-state index in [4.69, 9.17) is 9.97 Å². The minimum Gasteiger partial charge on any atom is -0.598 e. The molecule has 1 N–H and O–H groups in total. The van der Waals surface area contributed by atoms with Gasteiger partial charge in [0.25, 0.3) is 0 Å². The average Bonchev–Trinajstić information content (AvgIpc) is 2.60. The number of nitrogens with one attached hydrogen (secondary N) is 1. The van der Waals surface area contributed by atoms with Crippen LogP contribution in [0.5, 0.6) is 0 Å². The molecule has 0 amide bonds. The fourth-order valence-electron chi connectivity index (χ4n) is 3.55. The summed E-state index contributed by atoms with van der Waals surface area (Å²) in [5.41, 5.74) is 5.02. The van der Waals surface area contributed by atoms with Crippen LogP contribution in [0.2, 0.25) is 0 Å². The van der Waals surface area contributed by atoms with Crippen molar-refractivity contribution in [1.29, 1.82) is 0 Å². The second-order valence-electron chi connectivity index (χ2n) is 8.62. The molecule has 1 saturated heterocycles. The molecule has 5 nitrogen and oxygen atoms in total. The van der Waals surface area contributed by atoms with Crippen molar-refractivity contribution in [2.75, 3.05) is 18.0 Å². The molecule has 0 spiro atoms. The molecule has 0 bridgehead atoms. The molecular weight excluding hydrogens is 356 g/mol. The van der Waals surface area contributed by atoms with Gasteiger partial charge in [-0.25, -0.2) is 9.97 Å². The molecule has 27 heavy (non-hydrogen) atoms. The van der Waals surface area contributed by atoms with Crippen molar-refractivity contribution >= 4 is 28.2 Å². The number of piperidine rings is 1. The van der Waals surface area contributed by atoms with E-state index in [1.54, 1.807) is 0 Å². The molecule has 2 aromatic rings. The van der Waals surface area contributed by atoms with Crippen molar-refractivity contribution in [2.24, 2.45) is 0 Å². The van der Waals surface area contributed by atoms with Gasteiger partial charge >= 0.3 is 0 Å². The van der Waals surface area contributed by atoms with Crippen molar-refractivity contribution in [3.8, 4) is 0 Å². The predicted molar refractivity (Wildman–Crippen MR) is 115 cm³/mol. The zero-order chi connectivity index (χ0) is 19.8. The summed E-state index contributed by atoms with van der Waals surface area (Å²) in [5.74, 6) is 0.997. The summed E-state index contributed by atoms with van der Waals surface area (Å²) in [4.78, 5) is 12.3. The molecule has 3 rings (SSSR count). The molecule has 1 unspecified atom stereocenters. The summed E-state index contributed by atoms with van der Waals surface area (Å²) < 4.78 is 15.5. The smallest absolute Gasteiger partial charge is 0.150 e. The SMILES string of the molecule is Cc1cc([C@@H](C)N[S+]([O-])C(C)(C)C)c2nc(N3CCCCC3)c(C)nc2c1. The van der Waals surface area contributed by atoms with E-state index in [9.17, 15) is 4.55 Å². The van der Waals surface area contributed by atoms with Gasteiger partial charge in [-0.3, -0.25) is 0 Å². The Morgan fingerprint density at radius 1 is 1.11 bits per heavy atom. The Balaban J connectivity index is 2.03. The van der Waals surface area contributed by atoms with Gasteiger partial charge in [-0.1, -0.05) is 6.07 Å². The second-order valence-corrected chi connectivity index (χ2v) is 10.6. The highest BCUT2D eigenvalue weighted by molar-refractivity contribution is 7.90. The van der Waals surface area contributed by atoms with Crippen LogP contribution in [0.4, 0.5) is 5.82 Å². The van der Waals surface area contributed by atoms with Crippen LogP contribution < -0.4 is 9.62 Å². The van der Waals surface area contributed by atoms with E-state index in [1.807, 2.05) is 20.8 Å². The number of benzene rings is 1. The number of hydrogen-bond donors (Lipinski definition) is 1. The number of hydrogen-bond acceptors (Lipinski definition) is 5. The monoisotopic (exact) mass is 388 g/mol. The maximum atomic E-state index is 12.6. The third-order valence-electron chi connectivity index (χ3n) is 5.06. The lowest BCUT2D eigenvalue weighted by Gasteiger charge is -2.29. The van der Waals surface area contributed by atoms with Gasteiger partial charge in [-0.05, 0) is 72.4 Å². The zero-order valence-corrected chi connectivity index (χ0v) is 18.2. The first-order valence-corrected chi connectivity index (χ1v) is 11.0. The summed E-state index contributed by atoms with van der Waals surface area (Å²) >= 11 is -1.14. The van der Waals surface area contributed by atoms with Crippen molar-refractivity contribution in [1.82, 2.24) is 14.7 Å². The lowest BCUT2D eigenvalue weighted by molar-refractivity contribution is 0.531. The Kier molecular flexibility index (Phi) is 5.99. The quantitative estimate of drug-likeness (QED) is 0.789. The van der Waals surface area contributed by atoms with Crippen molar-refractivity contribution in [2.45, 2.75) is 71.6 Å². The normalized spacial score (nSPS) is 18.0. The zero-order valence-electron chi connectivity index (χ0n) is 17.4. The maximum absolute atomic E-state index is 12.6. The average molecular weight is 389 g/mol. The maximum Gasteiger partial charge on any atom is 0.150 e. The minimum atomic E-state index is -1.14. The highest BCUT2D eigenvalue weighted by atomic mass is 32.2. The number of rotatable bonds is 4. The topological polar surface area (TPSA) is 64.1 Å². The van der Waals surface area contributed by atoms with Crippen LogP contribution in [-0.2, 0) is 11.4 Å². The standard InChI is InChI=1S/C21H32N4OS/c1-14-12-17(15(2)24-27(26)21(4,5)6)19-18(13-14)22-16(3)20(23-19)25-10-8-7-9-11-25/h12-13,15,24H,7-11H2,1-6H3/t15-,27?/m1/s1. The molecule has 6 heteroatoms. The fourth-order valence-corrected chi connectivity index (χ4v) is 4.35. The van der Waals surface area contributed by atoms with Crippen LogP contribution in [0.1, 0.15) is 69.8 Å². The van der Waals surface area contributed by atoms with Crippen LogP contribution in [0, 0.1) is 13.8 Å². The molecule has 0 radical (unpaired) electrons. The molecule has 1 fully saturated rings. The highest BCUT2D eigenvalue weighted by Crippen LogP contribution is 2.29. The van der Waals surface area contributed by atoms with Crippen molar-refractivity contribution in [3.05, 3.63) is 29.0 Å². The summed E-state index contributed by atoms with van der Waals surface area (Å²) in [7, 11) is 0. The van der Waals surface area contributed by atoms with E-state index in [0.29, 0.717) is 0 Å². The molecule has 0 saturated carbocycles. The molecule has 1 aromatic carbocycles. The van der Waals surface area contributed by atoms with Gasteiger partial charge in [0.15, 0.2) is 5.82 Å². The minimum absolute atomic E-state index is 0.0707. The molecule has 1 aromatic heterocycles. The first kappa shape index (κ1) is 20.4. The summed E-state index contributed by atoms with van der Waals surface area (Å²) in [6.07, 6.45) is 3.71. The number of aromatic nitrogens is 2. The van der Waals surface area contributed by atoms with Crippen molar-refractivity contribution in [3.63, 3.8) is 0 Å². The molecule has 2 heterocycles. The van der Waals surface area contributed by atoms with E-state index in [-0.39, 0.29) is 10.8 Å². The Labute approximate surface area is 166 Å². The van der Waals surface area contributed by atoms with Gasteiger partial charge in [0.1, 0.15) is 4.75 Å². The Hall–Kier alpha value is -1.37. The van der Waals surface area contributed by atoms with E-state index in [0.717, 1.165) is 46.8 Å². The van der Waals surface area contributed by atoms with Crippen LogP contribution in [0.3, 0.4) is 0 Å². The lowest BCUT2D eigenvalue weighted by atomic mass is 10.0. The first-order valence-electron chi connectivity index (χ1n) is 9.88. The van der Waals surface area contributed by atoms with E-state index < -0.39 is 11.4 Å². The van der Waals surface area contributed by atoms with Crippen LogP contribution in [0.25, 0.3) is 11.0 Å². The van der Waals surface area contributed by atoms with Gasteiger partial charge in [-0.2, -0.15) is 0 Å².